The summed E-state index contributed by atoms with van der Waals surface area (Å²) in [5, 5.41) is 0. The van der Waals surface area contributed by atoms with Crippen molar-refractivity contribution in [2.45, 2.75) is 20.3 Å². The van der Waals surface area contributed by atoms with Crippen molar-refractivity contribution in [3.8, 4) is 0 Å². The summed E-state index contributed by atoms with van der Waals surface area (Å²) in [6.45, 7) is 4.18. The van der Waals surface area contributed by atoms with Gasteiger partial charge in [0.2, 0.25) is 5.91 Å². The number of ether oxygens (including phenoxy) is 1. The monoisotopic (exact) mass is 343 g/mol. The van der Waals surface area contributed by atoms with Gasteiger partial charge in [0.25, 0.3) is 0 Å². The second-order valence-corrected chi connectivity index (χ2v) is 5.55. The van der Waals surface area contributed by atoms with Crippen LogP contribution in [-0.4, -0.2) is 25.0 Å². The smallest absolute Gasteiger partial charge is 0.318 e. The van der Waals surface area contributed by atoms with E-state index < -0.39 is 11.9 Å². The molecule has 0 bridgehead atoms. The number of amides is 1. The minimum absolute atomic E-state index is 0.168. The van der Waals surface area contributed by atoms with Crippen LogP contribution in [0.15, 0.2) is 54.6 Å². The molecule has 25 heavy (non-hydrogen) atoms. The Bertz CT molecular complexity index is 701. The van der Waals surface area contributed by atoms with Crippen LogP contribution in [-0.2, 0) is 20.7 Å². The molecule has 5 heteroatoms. The van der Waals surface area contributed by atoms with E-state index in [4.69, 9.17) is 4.74 Å². The van der Waals surface area contributed by atoms with Gasteiger partial charge in [-0.05, 0) is 50.1 Å². The van der Waals surface area contributed by atoms with Crippen LogP contribution in [0, 0.1) is 11.7 Å². The van der Waals surface area contributed by atoms with Gasteiger partial charge in [0, 0.05) is 12.2 Å². The second-order valence-electron chi connectivity index (χ2n) is 5.55. The van der Waals surface area contributed by atoms with E-state index in [0.29, 0.717) is 12.1 Å². The van der Waals surface area contributed by atoms with E-state index in [1.807, 2.05) is 37.3 Å². The first-order valence-electron chi connectivity index (χ1n) is 8.34. The van der Waals surface area contributed by atoms with Crippen LogP contribution in [0.2, 0.25) is 0 Å². The molecule has 0 aliphatic rings. The summed E-state index contributed by atoms with van der Waals surface area (Å²) < 4.78 is 18.2. The third kappa shape index (κ3) is 4.89. The number of benzene rings is 2. The Morgan fingerprint density at radius 2 is 1.68 bits per heavy atom. The number of anilines is 1. The Morgan fingerprint density at radius 1 is 1.04 bits per heavy atom. The molecule has 0 N–H and O–H groups in total. The Hall–Kier alpha value is -2.69. The zero-order valence-corrected chi connectivity index (χ0v) is 14.4. The second kappa shape index (κ2) is 8.97. The zero-order chi connectivity index (χ0) is 18.2. The Balaban J connectivity index is 2.28. The highest BCUT2D eigenvalue weighted by Gasteiger charge is 2.32. The summed E-state index contributed by atoms with van der Waals surface area (Å²) in [6, 6.07) is 15.0. The number of hydrogen-bond donors (Lipinski definition) is 0. The van der Waals surface area contributed by atoms with E-state index in [1.54, 1.807) is 24.0 Å². The quantitative estimate of drug-likeness (QED) is 0.570. The average Bonchev–Trinajstić information content (AvgIpc) is 2.62. The lowest BCUT2D eigenvalue weighted by Crippen LogP contribution is -2.41. The minimum Gasteiger partial charge on any atom is -0.465 e. The number of halogens is 1. The maximum atomic E-state index is 13.1. The first kappa shape index (κ1) is 18.6. The summed E-state index contributed by atoms with van der Waals surface area (Å²) in [4.78, 5) is 26.9. The van der Waals surface area contributed by atoms with Crippen LogP contribution in [0.25, 0.3) is 0 Å². The summed E-state index contributed by atoms with van der Waals surface area (Å²) in [5.74, 6) is -2.21. The number of nitrogens with zero attached hydrogens (tertiary/aromatic N) is 1. The molecule has 1 atom stereocenters. The van der Waals surface area contributed by atoms with Gasteiger partial charge in [0.1, 0.15) is 11.7 Å². The number of para-hydroxylation sites is 1. The third-order valence-corrected chi connectivity index (χ3v) is 3.87. The lowest BCUT2D eigenvalue weighted by atomic mass is 9.97. The number of hydrogen-bond acceptors (Lipinski definition) is 3. The standard InChI is InChI=1S/C20H22FNO3/c1-3-22(17-8-6-5-7-9-17)19(23)18(20(24)25-4-2)14-15-10-12-16(21)13-11-15/h5-13,18H,3-4,14H2,1-2H3. The fourth-order valence-corrected chi connectivity index (χ4v) is 2.63. The average molecular weight is 343 g/mol. The Labute approximate surface area is 147 Å². The highest BCUT2D eigenvalue weighted by Crippen LogP contribution is 2.20. The maximum Gasteiger partial charge on any atom is 0.318 e. The van der Waals surface area contributed by atoms with Crippen molar-refractivity contribution in [3.63, 3.8) is 0 Å². The highest BCUT2D eigenvalue weighted by atomic mass is 19.1. The van der Waals surface area contributed by atoms with E-state index in [9.17, 15) is 14.0 Å². The molecule has 0 heterocycles. The van der Waals surface area contributed by atoms with E-state index in [-0.39, 0.29) is 24.8 Å². The van der Waals surface area contributed by atoms with Gasteiger partial charge >= 0.3 is 5.97 Å². The summed E-state index contributed by atoms with van der Waals surface area (Å²) in [6.07, 6.45) is 0.168. The van der Waals surface area contributed by atoms with E-state index >= 15 is 0 Å². The molecule has 132 valence electrons. The molecule has 0 aliphatic heterocycles. The molecular weight excluding hydrogens is 321 g/mol. The molecule has 1 amide bonds. The van der Waals surface area contributed by atoms with Crippen molar-refractivity contribution >= 4 is 17.6 Å². The van der Waals surface area contributed by atoms with Gasteiger partial charge in [-0.25, -0.2) is 4.39 Å². The minimum atomic E-state index is -0.967. The van der Waals surface area contributed by atoms with E-state index in [2.05, 4.69) is 0 Å². The fraction of sp³-hybridized carbons (Fsp3) is 0.300. The molecule has 0 fully saturated rings. The van der Waals surface area contributed by atoms with Crippen molar-refractivity contribution in [2.75, 3.05) is 18.1 Å². The van der Waals surface area contributed by atoms with Crippen LogP contribution < -0.4 is 4.90 Å². The molecule has 0 saturated heterocycles. The number of carbonyl (C=O) groups excluding carboxylic acids is 2. The van der Waals surface area contributed by atoms with Gasteiger partial charge in [-0.1, -0.05) is 30.3 Å². The molecule has 0 aliphatic carbocycles. The largest absolute Gasteiger partial charge is 0.465 e. The number of rotatable bonds is 7. The van der Waals surface area contributed by atoms with E-state index in [1.165, 1.54) is 12.1 Å². The molecule has 0 saturated carbocycles. The molecule has 4 nitrogen and oxygen atoms in total. The first-order chi connectivity index (χ1) is 12.1. The lowest BCUT2D eigenvalue weighted by Gasteiger charge is -2.25. The summed E-state index contributed by atoms with van der Waals surface area (Å²) in [7, 11) is 0. The molecule has 0 spiro atoms. The number of esters is 1. The molecule has 1 unspecified atom stereocenters. The van der Waals surface area contributed by atoms with Crippen molar-refractivity contribution in [1.29, 1.82) is 0 Å². The van der Waals surface area contributed by atoms with Gasteiger partial charge in [0.15, 0.2) is 0 Å². The van der Waals surface area contributed by atoms with Gasteiger partial charge in [-0.3, -0.25) is 9.59 Å². The molecular formula is C20H22FNO3. The van der Waals surface area contributed by atoms with Gasteiger partial charge in [-0.2, -0.15) is 0 Å². The lowest BCUT2D eigenvalue weighted by molar-refractivity contribution is -0.151. The van der Waals surface area contributed by atoms with Crippen LogP contribution in [0.4, 0.5) is 10.1 Å². The Morgan fingerprint density at radius 3 is 2.24 bits per heavy atom. The van der Waals surface area contributed by atoms with E-state index in [0.717, 1.165) is 5.69 Å². The van der Waals surface area contributed by atoms with Crippen LogP contribution >= 0.6 is 0 Å². The fourth-order valence-electron chi connectivity index (χ4n) is 2.63. The topological polar surface area (TPSA) is 46.6 Å². The predicted molar refractivity (Wildman–Crippen MR) is 94.7 cm³/mol. The molecule has 0 radical (unpaired) electrons. The van der Waals surface area contributed by atoms with Crippen molar-refractivity contribution in [2.24, 2.45) is 5.92 Å². The number of carbonyl (C=O) groups is 2. The van der Waals surface area contributed by atoms with Gasteiger partial charge in [-0.15, -0.1) is 0 Å². The maximum absolute atomic E-state index is 13.1. The molecule has 2 aromatic rings. The normalized spacial score (nSPS) is 11.6. The van der Waals surface area contributed by atoms with Crippen LogP contribution in [0.1, 0.15) is 19.4 Å². The van der Waals surface area contributed by atoms with Crippen LogP contribution in [0.5, 0.6) is 0 Å². The molecule has 0 aromatic heterocycles. The zero-order valence-electron chi connectivity index (χ0n) is 14.4. The SMILES string of the molecule is CCOC(=O)C(Cc1ccc(F)cc1)C(=O)N(CC)c1ccccc1. The predicted octanol–water partition coefficient (Wildman–Crippen LogP) is 3.60. The van der Waals surface area contributed by atoms with Gasteiger partial charge in [0.05, 0.1) is 6.61 Å². The first-order valence-corrected chi connectivity index (χ1v) is 8.34. The highest BCUT2D eigenvalue weighted by molar-refractivity contribution is 6.06. The molecule has 2 aromatic carbocycles. The summed E-state index contributed by atoms with van der Waals surface area (Å²) >= 11 is 0. The third-order valence-electron chi connectivity index (χ3n) is 3.87. The Kier molecular flexibility index (Phi) is 6.69. The van der Waals surface area contributed by atoms with Crippen molar-refractivity contribution < 1.29 is 18.7 Å². The van der Waals surface area contributed by atoms with Crippen LogP contribution in [0.3, 0.4) is 0 Å². The summed E-state index contributed by atoms with van der Waals surface area (Å²) in [5.41, 5.74) is 1.43. The van der Waals surface area contributed by atoms with Crippen molar-refractivity contribution in [3.05, 3.63) is 66.0 Å². The van der Waals surface area contributed by atoms with Crippen molar-refractivity contribution in [1.82, 2.24) is 0 Å². The van der Waals surface area contributed by atoms with Gasteiger partial charge < -0.3 is 9.64 Å². The molecule has 2 rings (SSSR count).